The fraction of sp³-hybridized carbons (Fsp3) is 0.542. The van der Waals surface area contributed by atoms with Gasteiger partial charge in [-0.3, -0.25) is 4.79 Å². The van der Waals surface area contributed by atoms with Gasteiger partial charge in [0.25, 0.3) is 0 Å². The van der Waals surface area contributed by atoms with Crippen LogP contribution >= 0.6 is 0 Å². The van der Waals surface area contributed by atoms with Crippen molar-refractivity contribution < 1.29 is 14.3 Å². The summed E-state index contributed by atoms with van der Waals surface area (Å²) in [5.41, 5.74) is 2.18. The molecule has 2 saturated heterocycles. The topological polar surface area (TPSA) is 46.9 Å². The second kappa shape index (κ2) is 8.82. The molecule has 2 aliphatic heterocycles. The summed E-state index contributed by atoms with van der Waals surface area (Å²) in [5, 5.41) is 0. The molecular formula is C24H31N3O3. The van der Waals surface area contributed by atoms with Crippen LogP contribution in [0.1, 0.15) is 43.7 Å². The molecule has 3 fully saturated rings. The van der Waals surface area contributed by atoms with Crippen molar-refractivity contribution in [3.05, 3.63) is 48.3 Å². The Hall–Kier alpha value is -2.31. The summed E-state index contributed by atoms with van der Waals surface area (Å²) in [6, 6.07) is 11.2. The molecule has 30 heavy (non-hydrogen) atoms. The van der Waals surface area contributed by atoms with Crippen molar-refractivity contribution in [2.45, 2.75) is 50.3 Å². The number of ether oxygens (including phenoxy) is 2. The molecule has 1 aromatic heterocycles. The summed E-state index contributed by atoms with van der Waals surface area (Å²) in [6.07, 6.45) is 11.8. The van der Waals surface area contributed by atoms with Crippen LogP contribution in [-0.2, 0) is 9.53 Å². The Morgan fingerprint density at radius 1 is 1.00 bits per heavy atom. The Morgan fingerprint density at radius 3 is 2.50 bits per heavy atom. The van der Waals surface area contributed by atoms with Gasteiger partial charge in [-0.2, -0.15) is 0 Å². The molecular weight excluding hydrogens is 378 g/mol. The van der Waals surface area contributed by atoms with Crippen LogP contribution in [0, 0.1) is 0 Å². The van der Waals surface area contributed by atoms with Gasteiger partial charge in [0.2, 0.25) is 6.41 Å². The number of likely N-dealkylation sites (tertiary alicyclic amines) is 1. The van der Waals surface area contributed by atoms with Crippen LogP contribution in [0.3, 0.4) is 0 Å². The molecule has 6 nitrogen and oxygen atoms in total. The van der Waals surface area contributed by atoms with Crippen LogP contribution in [0.15, 0.2) is 42.7 Å². The van der Waals surface area contributed by atoms with E-state index in [1.807, 2.05) is 11.1 Å². The van der Waals surface area contributed by atoms with Crippen molar-refractivity contribution in [3.8, 4) is 11.4 Å². The van der Waals surface area contributed by atoms with Crippen LogP contribution in [0.25, 0.3) is 5.69 Å². The molecule has 1 saturated carbocycles. The molecule has 1 aliphatic carbocycles. The third-order valence-electron chi connectivity index (χ3n) is 6.91. The number of hydrogen-bond acceptors (Lipinski definition) is 4. The molecule has 5 rings (SSSR count). The van der Waals surface area contributed by atoms with Crippen molar-refractivity contribution in [2.75, 3.05) is 32.8 Å². The number of nitrogens with zero attached hydrogens (tertiary/aromatic N) is 3. The summed E-state index contributed by atoms with van der Waals surface area (Å²) in [5.74, 6) is 0.945. The summed E-state index contributed by atoms with van der Waals surface area (Å²) in [6.45, 7) is 4.14. The highest BCUT2D eigenvalue weighted by atomic mass is 16.5. The Labute approximate surface area is 178 Å². The molecule has 3 aliphatic rings. The fourth-order valence-corrected chi connectivity index (χ4v) is 4.80. The maximum Gasteiger partial charge on any atom is 0.210 e. The van der Waals surface area contributed by atoms with E-state index in [-0.39, 0.29) is 6.04 Å². The zero-order valence-corrected chi connectivity index (χ0v) is 17.5. The van der Waals surface area contributed by atoms with Crippen LogP contribution in [0.5, 0.6) is 5.75 Å². The average Bonchev–Trinajstić information content (AvgIpc) is 3.24. The number of aromatic nitrogens is 1. The lowest BCUT2D eigenvalue weighted by molar-refractivity contribution is -0.126. The van der Waals surface area contributed by atoms with Crippen molar-refractivity contribution >= 4 is 6.41 Å². The molecule has 3 heterocycles. The number of hydrogen-bond donors (Lipinski definition) is 0. The van der Waals surface area contributed by atoms with E-state index in [0.29, 0.717) is 25.9 Å². The highest BCUT2D eigenvalue weighted by Crippen LogP contribution is 2.29. The number of benzene rings is 1. The van der Waals surface area contributed by atoms with E-state index in [1.54, 1.807) is 0 Å². The standard InChI is InChI=1S/C24H31N3O3/c28-18-27-14-15-29-17-24(27)19-8-11-26(16-19)21-4-6-22(7-5-21)30-23-9-12-25(13-10-23)20-2-1-3-20/h4-8,11,16,18,20,23-24H,1-3,9-10,12-15,17H2. The maximum absolute atomic E-state index is 11.3. The van der Waals surface area contributed by atoms with Gasteiger partial charge in [0.15, 0.2) is 0 Å². The van der Waals surface area contributed by atoms with Crippen molar-refractivity contribution in [3.63, 3.8) is 0 Å². The Morgan fingerprint density at radius 2 is 1.80 bits per heavy atom. The minimum absolute atomic E-state index is 0.00842. The first-order chi connectivity index (χ1) is 14.8. The molecule has 2 aromatic rings. The molecule has 0 spiro atoms. The molecule has 0 N–H and O–H groups in total. The summed E-state index contributed by atoms with van der Waals surface area (Å²) in [4.78, 5) is 15.8. The van der Waals surface area contributed by atoms with E-state index < -0.39 is 0 Å². The minimum atomic E-state index is -0.00842. The first kappa shape index (κ1) is 19.6. The number of rotatable bonds is 6. The zero-order valence-electron chi connectivity index (χ0n) is 17.5. The van der Waals surface area contributed by atoms with Gasteiger partial charge in [-0.05, 0) is 61.6 Å². The van der Waals surface area contributed by atoms with E-state index >= 15 is 0 Å². The lowest BCUT2D eigenvalue weighted by atomic mass is 9.90. The number of carbonyl (C=O) groups excluding carboxylic acids is 1. The van der Waals surface area contributed by atoms with Gasteiger partial charge in [-0.1, -0.05) is 6.42 Å². The van der Waals surface area contributed by atoms with Gasteiger partial charge in [0, 0.05) is 43.8 Å². The second-order valence-corrected chi connectivity index (χ2v) is 8.72. The average molecular weight is 410 g/mol. The third-order valence-corrected chi connectivity index (χ3v) is 6.91. The zero-order chi connectivity index (χ0) is 20.3. The van der Waals surface area contributed by atoms with Gasteiger partial charge >= 0.3 is 0 Å². The maximum atomic E-state index is 11.3. The molecule has 1 aromatic carbocycles. The van der Waals surface area contributed by atoms with Gasteiger partial charge in [-0.25, -0.2) is 0 Å². The normalized spacial score (nSPS) is 23.9. The third kappa shape index (κ3) is 4.12. The number of carbonyl (C=O) groups is 1. The first-order valence-corrected chi connectivity index (χ1v) is 11.3. The Kier molecular flexibility index (Phi) is 5.77. The smallest absolute Gasteiger partial charge is 0.210 e. The van der Waals surface area contributed by atoms with Gasteiger partial charge in [-0.15, -0.1) is 0 Å². The van der Waals surface area contributed by atoms with Crippen LogP contribution in [0.2, 0.25) is 0 Å². The molecule has 0 radical (unpaired) electrons. The quantitative estimate of drug-likeness (QED) is 0.686. The lowest BCUT2D eigenvalue weighted by Gasteiger charge is -2.41. The summed E-state index contributed by atoms with van der Waals surface area (Å²) >= 11 is 0. The van der Waals surface area contributed by atoms with Gasteiger partial charge < -0.3 is 23.8 Å². The van der Waals surface area contributed by atoms with Crippen molar-refractivity contribution in [1.29, 1.82) is 0 Å². The predicted octanol–water partition coefficient (Wildman–Crippen LogP) is 3.40. The van der Waals surface area contributed by atoms with Crippen LogP contribution < -0.4 is 4.74 Å². The minimum Gasteiger partial charge on any atom is -0.490 e. The SMILES string of the molecule is O=CN1CCOCC1c1ccn(-c2ccc(OC3CCN(C4CCC4)CC3)cc2)c1. The molecule has 1 amide bonds. The Bertz CT molecular complexity index is 838. The van der Waals surface area contributed by atoms with Crippen LogP contribution in [-0.4, -0.2) is 65.8 Å². The predicted molar refractivity (Wildman–Crippen MR) is 115 cm³/mol. The molecule has 1 atom stereocenters. The number of piperidine rings is 1. The van der Waals surface area contributed by atoms with Crippen molar-refractivity contribution in [1.82, 2.24) is 14.4 Å². The number of morpholine rings is 1. The second-order valence-electron chi connectivity index (χ2n) is 8.72. The lowest BCUT2D eigenvalue weighted by Crippen LogP contribution is -2.46. The van der Waals surface area contributed by atoms with E-state index in [2.05, 4.69) is 46.0 Å². The van der Waals surface area contributed by atoms with Crippen molar-refractivity contribution in [2.24, 2.45) is 0 Å². The van der Waals surface area contributed by atoms with Gasteiger partial charge in [0.05, 0.1) is 19.3 Å². The van der Waals surface area contributed by atoms with E-state index in [0.717, 1.165) is 42.3 Å². The van der Waals surface area contributed by atoms with Gasteiger partial charge in [0.1, 0.15) is 11.9 Å². The summed E-state index contributed by atoms with van der Waals surface area (Å²) < 4.78 is 13.9. The highest BCUT2D eigenvalue weighted by Gasteiger charge is 2.29. The Balaban J connectivity index is 1.18. The fourth-order valence-electron chi connectivity index (χ4n) is 4.80. The molecule has 0 bridgehead atoms. The number of amides is 1. The highest BCUT2D eigenvalue weighted by molar-refractivity contribution is 5.49. The summed E-state index contributed by atoms with van der Waals surface area (Å²) in [7, 11) is 0. The molecule has 6 heteroatoms. The molecule has 1 unspecified atom stereocenters. The van der Waals surface area contributed by atoms with E-state index in [1.165, 1.54) is 32.4 Å². The van der Waals surface area contributed by atoms with E-state index in [4.69, 9.17) is 9.47 Å². The largest absolute Gasteiger partial charge is 0.490 e. The van der Waals surface area contributed by atoms with E-state index in [9.17, 15) is 4.79 Å². The monoisotopic (exact) mass is 409 g/mol. The molecule has 160 valence electrons. The first-order valence-electron chi connectivity index (χ1n) is 11.3. The van der Waals surface area contributed by atoms with Crippen LogP contribution in [0.4, 0.5) is 0 Å².